The van der Waals surface area contributed by atoms with E-state index in [2.05, 4.69) is 15.2 Å². The molecular formula is C19H33N5O4. The zero-order valence-electron chi connectivity index (χ0n) is 17.1. The highest BCUT2D eigenvalue weighted by Crippen LogP contribution is 2.16. The van der Waals surface area contributed by atoms with Crippen molar-refractivity contribution in [1.82, 2.24) is 20.0 Å². The van der Waals surface area contributed by atoms with Gasteiger partial charge in [0.05, 0.1) is 6.10 Å². The van der Waals surface area contributed by atoms with Crippen molar-refractivity contribution >= 4 is 17.8 Å². The van der Waals surface area contributed by atoms with Crippen LogP contribution in [0.2, 0.25) is 0 Å². The summed E-state index contributed by atoms with van der Waals surface area (Å²) in [6, 6.07) is 0. The topological polar surface area (TPSA) is 86.7 Å². The van der Waals surface area contributed by atoms with E-state index >= 15 is 0 Å². The van der Waals surface area contributed by atoms with Gasteiger partial charge in [0, 0.05) is 60.0 Å². The van der Waals surface area contributed by atoms with Crippen LogP contribution in [-0.4, -0.2) is 111 Å². The summed E-state index contributed by atoms with van der Waals surface area (Å²) in [6.45, 7) is 4.93. The molecule has 2 unspecified atom stereocenters. The number of likely N-dealkylation sites (N-methyl/N-ethyl adjacent to an activating group) is 1. The molecule has 1 N–H and O–H groups in total. The third-order valence-corrected chi connectivity index (χ3v) is 5.47. The van der Waals surface area contributed by atoms with Crippen molar-refractivity contribution in [2.45, 2.75) is 37.9 Å². The van der Waals surface area contributed by atoms with Crippen molar-refractivity contribution in [3.05, 3.63) is 0 Å². The van der Waals surface area contributed by atoms with Gasteiger partial charge in [0.15, 0.2) is 5.96 Å². The smallest absolute Gasteiger partial charge is 0.251 e. The molecule has 0 radical (unpaired) electrons. The van der Waals surface area contributed by atoms with E-state index in [0.717, 1.165) is 38.2 Å². The van der Waals surface area contributed by atoms with E-state index in [0.29, 0.717) is 39.3 Å². The minimum absolute atomic E-state index is 0.0383. The maximum absolute atomic E-state index is 12.5. The summed E-state index contributed by atoms with van der Waals surface area (Å²) in [6.07, 6.45) is 3.83. The van der Waals surface area contributed by atoms with Crippen LogP contribution in [0.3, 0.4) is 0 Å². The second-order valence-electron chi connectivity index (χ2n) is 7.76. The van der Waals surface area contributed by atoms with Gasteiger partial charge < -0.3 is 29.5 Å². The van der Waals surface area contributed by atoms with Crippen molar-refractivity contribution < 1.29 is 19.1 Å². The summed E-state index contributed by atoms with van der Waals surface area (Å²) in [7, 11) is 3.46. The Balaban J connectivity index is 1.55. The van der Waals surface area contributed by atoms with Gasteiger partial charge in [-0.15, -0.1) is 0 Å². The van der Waals surface area contributed by atoms with Crippen LogP contribution in [0.4, 0.5) is 0 Å². The summed E-state index contributed by atoms with van der Waals surface area (Å²) in [5, 5.41) is 3.38. The highest BCUT2D eigenvalue weighted by Gasteiger charge is 2.31. The zero-order chi connectivity index (χ0) is 19.9. The van der Waals surface area contributed by atoms with Crippen LogP contribution in [0.1, 0.15) is 25.7 Å². The maximum Gasteiger partial charge on any atom is 0.251 e. The Labute approximate surface area is 167 Å². The quantitative estimate of drug-likeness (QED) is 0.500. The van der Waals surface area contributed by atoms with Crippen LogP contribution < -0.4 is 5.32 Å². The van der Waals surface area contributed by atoms with Crippen molar-refractivity contribution in [1.29, 1.82) is 0 Å². The fourth-order valence-corrected chi connectivity index (χ4v) is 3.68. The molecule has 0 aliphatic carbocycles. The van der Waals surface area contributed by atoms with E-state index < -0.39 is 0 Å². The first-order chi connectivity index (χ1) is 13.5. The number of carbonyl (C=O) groups excluding carboxylic acids is 2. The lowest BCUT2D eigenvalue weighted by Crippen LogP contribution is -2.56. The van der Waals surface area contributed by atoms with Crippen LogP contribution in [0.25, 0.3) is 0 Å². The summed E-state index contributed by atoms with van der Waals surface area (Å²) in [5.41, 5.74) is 0. The molecule has 0 aromatic heterocycles. The van der Waals surface area contributed by atoms with Crippen LogP contribution in [-0.2, 0) is 19.1 Å². The molecule has 9 heteroatoms. The van der Waals surface area contributed by atoms with Gasteiger partial charge in [-0.3, -0.25) is 9.59 Å². The predicted molar refractivity (Wildman–Crippen MR) is 105 cm³/mol. The second kappa shape index (κ2) is 10.1. The first kappa shape index (κ1) is 20.9. The number of carbonyl (C=O) groups is 2. The van der Waals surface area contributed by atoms with Gasteiger partial charge in [-0.1, -0.05) is 0 Å². The molecule has 0 saturated carbocycles. The van der Waals surface area contributed by atoms with E-state index in [1.54, 1.807) is 19.0 Å². The molecule has 0 bridgehead atoms. The highest BCUT2D eigenvalue weighted by atomic mass is 16.5. The van der Waals surface area contributed by atoms with E-state index in [-0.39, 0.29) is 30.6 Å². The number of nitrogens with one attached hydrogen (secondary N) is 1. The fourth-order valence-electron chi connectivity index (χ4n) is 3.68. The number of rotatable bonds is 5. The molecule has 3 aliphatic heterocycles. The summed E-state index contributed by atoms with van der Waals surface area (Å²) < 4.78 is 11.2. The average Bonchev–Trinajstić information content (AvgIpc) is 3.41. The summed E-state index contributed by atoms with van der Waals surface area (Å²) in [5.74, 6) is 0.782. The molecular weight excluding hydrogens is 362 g/mol. The summed E-state index contributed by atoms with van der Waals surface area (Å²) in [4.78, 5) is 34.6. The molecule has 0 aromatic rings. The fraction of sp³-hybridized carbons (Fsp3) is 0.842. The standard InChI is InChI=1S/C19H33N5O4/c1-22(2)17(25)14-21-19(20-13-15-5-3-11-27-15)24-9-7-23(8-10-24)18(26)16-6-4-12-28-16/h15-16H,3-14H2,1-2H3,(H,20,21). The van der Waals surface area contributed by atoms with Crippen molar-refractivity contribution in [2.24, 2.45) is 4.99 Å². The van der Waals surface area contributed by atoms with Gasteiger partial charge in [-0.2, -0.15) is 0 Å². The molecule has 2 atom stereocenters. The number of nitrogens with zero attached hydrogens (tertiary/aromatic N) is 4. The van der Waals surface area contributed by atoms with E-state index in [9.17, 15) is 9.59 Å². The van der Waals surface area contributed by atoms with Gasteiger partial charge >= 0.3 is 0 Å². The van der Waals surface area contributed by atoms with Gasteiger partial charge in [0.2, 0.25) is 5.91 Å². The largest absolute Gasteiger partial charge is 0.376 e. The minimum atomic E-state index is -0.268. The number of hydrogen-bond acceptors (Lipinski definition) is 5. The monoisotopic (exact) mass is 395 g/mol. The van der Waals surface area contributed by atoms with Crippen molar-refractivity contribution in [3.8, 4) is 0 Å². The normalized spacial score (nSPS) is 25.9. The van der Waals surface area contributed by atoms with Gasteiger partial charge in [-0.05, 0) is 25.7 Å². The van der Waals surface area contributed by atoms with Gasteiger partial charge in [0.25, 0.3) is 5.91 Å². The first-order valence-electron chi connectivity index (χ1n) is 10.3. The molecule has 9 nitrogen and oxygen atoms in total. The summed E-state index contributed by atoms with van der Waals surface area (Å²) >= 11 is 0. The van der Waals surface area contributed by atoms with Crippen molar-refractivity contribution in [3.63, 3.8) is 0 Å². The molecule has 2 amide bonds. The van der Waals surface area contributed by atoms with E-state index in [1.165, 1.54) is 0 Å². The highest BCUT2D eigenvalue weighted by molar-refractivity contribution is 5.85. The first-order valence-corrected chi connectivity index (χ1v) is 10.3. The Bertz CT molecular complexity index is 563. The molecule has 3 heterocycles. The Morgan fingerprint density at radius 3 is 2.32 bits per heavy atom. The molecule has 0 spiro atoms. The third-order valence-electron chi connectivity index (χ3n) is 5.47. The Morgan fingerprint density at radius 2 is 1.71 bits per heavy atom. The van der Waals surface area contributed by atoms with Crippen LogP contribution in [0, 0.1) is 0 Å². The van der Waals surface area contributed by atoms with Gasteiger partial charge in [-0.25, -0.2) is 4.99 Å². The maximum atomic E-state index is 12.5. The molecule has 28 heavy (non-hydrogen) atoms. The number of aliphatic imine (C=N–C) groups is 1. The van der Waals surface area contributed by atoms with Gasteiger partial charge in [0.1, 0.15) is 12.6 Å². The predicted octanol–water partition coefficient (Wildman–Crippen LogP) is -0.478. The SMILES string of the molecule is CN(C)C(=O)CN=C(NCC1CCCO1)N1CCN(C(=O)C2CCCO2)CC1. The van der Waals surface area contributed by atoms with Crippen LogP contribution in [0.15, 0.2) is 4.99 Å². The third kappa shape index (κ3) is 5.57. The number of guanidine groups is 1. The molecule has 3 aliphatic rings. The Morgan fingerprint density at radius 1 is 1.04 bits per heavy atom. The second-order valence-corrected chi connectivity index (χ2v) is 7.76. The lowest BCUT2D eigenvalue weighted by molar-refractivity contribution is -0.142. The number of hydrogen-bond donors (Lipinski definition) is 1. The van der Waals surface area contributed by atoms with E-state index in [4.69, 9.17) is 9.47 Å². The lowest BCUT2D eigenvalue weighted by Gasteiger charge is -2.37. The number of amides is 2. The lowest BCUT2D eigenvalue weighted by atomic mass is 10.2. The van der Waals surface area contributed by atoms with Crippen LogP contribution >= 0.6 is 0 Å². The van der Waals surface area contributed by atoms with Crippen molar-refractivity contribution in [2.75, 3.05) is 66.6 Å². The zero-order valence-corrected chi connectivity index (χ0v) is 17.1. The molecule has 3 fully saturated rings. The molecule has 158 valence electrons. The Hall–Kier alpha value is -1.87. The average molecular weight is 396 g/mol. The number of piperazine rings is 1. The van der Waals surface area contributed by atoms with E-state index in [1.807, 2.05) is 4.90 Å². The molecule has 3 saturated heterocycles. The minimum Gasteiger partial charge on any atom is -0.376 e. The molecule has 0 aromatic carbocycles. The van der Waals surface area contributed by atoms with Crippen LogP contribution in [0.5, 0.6) is 0 Å². The number of ether oxygens (including phenoxy) is 2. The molecule has 3 rings (SSSR count). The Kier molecular flexibility index (Phi) is 7.50.